The molecule has 0 aromatic heterocycles. The van der Waals surface area contributed by atoms with E-state index in [2.05, 4.69) is 0 Å². The lowest BCUT2D eigenvalue weighted by Gasteiger charge is -2.10. The van der Waals surface area contributed by atoms with Gasteiger partial charge in [-0.15, -0.1) is 0 Å². The first-order chi connectivity index (χ1) is 16.0. The molecule has 1 radical (unpaired) electrons. The number of carbonyl (C=O) groups is 2. The molecule has 7 nitrogen and oxygen atoms in total. The fourth-order valence-corrected chi connectivity index (χ4v) is 2.65. The average Bonchev–Trinajstić information content (AvgIpc) is 2.84. The molecule has 2 rings (SSSR count). The highest BCUT2D eigenvalue weighted by Gasteiger charge is 2.11. The van der Waals surface area contributed by atoms with Crippen LogP contribution in [0.15, 0.2) is 48.5 Å². The van der Waals surface area contributed by atoms with Crippen LogP contribution in [0.2, 0.25) is 0 Å². The summed E-state index contributed by atoms with van der Waals surface area (Å²) in [5.41, 5.74) is 1.25. The molecule has 0 aliphatic heterocycles. The minimum Gasteiger partial charge on any atom is -0.494 e. The molecule has 1 N–H and O–H groups in total. The van der Waals surface area contributed by atoms with Gasteiger partial charge in [-0.25, -0.2) is 4.79 Å². The smallest absolute Gasteiger partial charge is 0.343 e. The summed E-state index contributed by atoms with van der Waals surface area (Å²) in [7, 11) is 1.60. The molecule has 0 aliphatic carbocycles. The van der Waals surface area contributed by atoms with Gasteiger partial charge in [0.1, 0.15) is 11.5 Å². The molecule has 0 saturated carbocycles. The van der Waals surface area contributed by atoms with E-state index in [0.29, 0.717) is 43.3 Å². The normalized spacial score (nSPS) is 11.5. The van der Waals surface area contributed by atoms with Gasteiger partial charge < -0.3 is 24.0 Å². The first-order valence-corrected chi connectivity index (χ1v) is 11.3. The fourth-order valence-electron chi connectivity index (χ4n) is 2.65. The maximum absolute atomic E-state index is 12.4. The Balaban J connectivity index is 1.68. The molecule has 0 heterocycles. The third-order valence-corrected chi connectivity index (χ3v) is 4.89. The first-order valence-electron chi connectivity index (χ1n) is 11.3. The van der Waals surface area contributed by atoms with Gasteiger partial charge in [-0.1, -0.05) is 31.4 Å². The average molecular weight is 455 g/mol. The van der Waals surface area contributed by atoms with Crippen molar-refractivity contribution in [1.82, 2.24) is 0 Å². The lowest BCUT2D eigenvalue weighted by molar-refractivity contribution is -0.148. The Labute approximate surface area is 196 Å². The number of aliphatic hydroxyl groups is 1. The fraction of sp³-hybridized carbons (Fsp3) is 0.440. The Bertz CT molecular complexity index is 837. The summed E-state index contributed by atoms with van der Waals surface area (Å²) < 4.78 is 21.6. The maximum atomic E-state index is 12.4. The summed E-state index contributed by atoms with van der Waals surface area (Å²) in [5.74, 6) is 0.414. The largest absolute Gasteiger partial charge is 0.494 e. The zero-order chi connectivity index (χ0) is 23.9. The molecule has 0 spiro atoms. The van der Waals surface area contributed by atoms with Gasteiger partial charge in [-0.3, -0.25) is 4.79 Å². The van der Waals surface area contributed by atoms with Gasteiger partial charge in [0.05, 0.1) is 24.7 Å². The summed E-state index contributed by atoms with van der Waals surface area (Å²) >= 11 is 0. The van der Waals surface area contributed by atoms with Crippen molar-refractivity contribution in [3.8, 4) is 11.5 Å². The molecule has 1 unspecified atom stereocenters. The van der Waals surface area contributed by atoms with Gasteiger partial charge in [0, 0.05) is 13.2 Å². The molecule has 177 valence electrons. The number of rotatable bonds is 15. The molecule has 2 aromatic rings. The van der Waals surface area contributed by atoms with Crippen molar-refractivity contribution in [2.75, 3.05) is 26.4 Å². The molecule has 0 bridgehead atoms. The van der Waals surface area contributed by atoms with Crippen LogP contribution in [0.4, 0.5) is 0 Å². The van der Waals surface area contributed by atoms with E-state index in [9.17, 15) is 9.59 Å². The predicted molar refractivity (Wildman–Crippen MR) is 126 cm³/mol. The van der Waals surface area contributed by atoms with Crippen LogP contribution < -0.4 is 14.9 Å². The number of aliphatic hydroxyl groups excluding tert-OH is 1. The lowest BCUT2D eigenvalue weighted by atomic mass is 9.88. The molecular weight excluding hydrogens is 423 g/mol. The Hall–Kier alpha value is -2.84. The zero-order valence-electron chi connectivity index (χ0n) is 19.3. The van der Waals surface area contributed by atoms with Crippen LogP contribution >= 0.6 is 0 Å². The minimum atomic E-state index is -0.458. The minimum absolute atomic E-state index is 0.0632. The Morgan fingerprint density at radius 3 is 2.24 bits per heavy atom. The van der Waals surface area contributed by atoms with Crippen molar-refractivity contribution >= 4 is 24.9 Å². The van der Waals surface area contributed by atoms with Gasteiger partial charge in [0.25, 0.3) is 0 Å². The molecule has 0 aliphatic rings. The van der Waals surface area contributed by atoms with Gasteiger partial charge >= 0.3 is 19.4 Å². The van der Waals surface area contributed by atoms with Gasteiger partial charge in [-0.05, 0) is 62.1 Å². The monoisotopic (exact) mass is 455 g/mol. The number of benzene rings is 2. The predicted octanol–water partition coefficient (Wildman–Crippen LogP) is 3.30. The van der Waals surface area contributed by atoms with Crippen molar-refractivity contribution in [2.45, 2.75) is 39.5 Å². The van der Waals surface area contributed by atoms with Crippen molar-refractivity contribution in [3.63, 3.8) is 0 Å². The highest BCUT2D eigenvalue weighted by atomic mass is 16.5. The highest BCUT2D eigenvalue weighted by molar-refractivity contribution is 6.46. The van der Waals surface area contributed by atoms with E-state index < -0.39 is 5.97 Å². The first kappa shape index (κ1) is 26.4. The van der Waals surface area contributed by atoms with E-state index in [1.54, 1.807) is 56.0 Å². The number of ether oxygens (including phenoxy) is 3. The van der Waals surface area contributed by atoms with Crippen LogP contribution in [-0.4, -0.2) is 51.0 Å². The summed E-state index contributed by atoms with van der Waals surface area (Å²) in [6.07, 6.45) is 2.85. The summed E-state index contributed by atoms with van der Waals surface area (Å²) in [6.45, 7) is 5.25. The molecule has 8 heteroatoms. The quantitative estimate of drug-likeness (QED) is 0.191. The van der Waals surface area contributed by atoms with Crippen molar-refractivity contribution < 1.29 is 33.6 Å². The van der Waals surface area contributed by atoms with E-state index >= 15 is 0 Å². The van der Waals surface area contributed by atoms with Gasteiger partial charge in [-0.2, -0.15) is 0 Å². The highest BCUT2D eigenvalue weighted by Crippen LogP contribution is 2.16. The number of carbonyl (C=O) groups excluding carboxylic acids is 2. The summed E-state index contributed by atoms with van der Waals surface area (Å²) in [4.78, 5) is 23.9. The molecule has 0 saturated heterocycles. The van der Waals surface area contributed by atoms with Crippen LogP contribution in [0.3, 0.4) is 0 Å². The number of hydrogen-bond acceptors (Lipinski definition) is 7. The third kappa shape index (κ3) is 10.1. The van der Waals surface area contributed by atoms with Crippen LogP contribution in [0.1, 0.15) is 49.9 Å². The number of esters is 2. The Morgan fingerprint density at radius 1 is 0.909 bits per heavy atom. The van der Waals surface area contributed by atoms with Crippen molar-refractivity contribution in [3.05, 3.63) is 54.1 Å². The zero-order valence-corrected chi connectivity index (χ0v) is 19.3. The molecule has 0 amide bonds. The van der Waals surface area contributed by atoms with E-state index in [0.717, 1.165) is 24.7 Å². The van der Waals surface area contributed by atoms with Crippen LogP contribution in [0.25, 0.3) is 0 Å². The summed E-state index contributed by atoms with van der Waals surface area (Å²) in [5, 5.41) is 8.73. The van der Waals surface area contributed by atoms with Crippen LogP contribution in [0, 0.1) is 5.92 Å². The second-order valence-corrected chi connectivity index (χ2v) is 7.58. The topological polar surface area (TPSA) is 91.3 Å². The van der Waals surface area contributed by atoms with Crippen LogP contribution in [-0.2, 0) is 14.2 Å². The van der Waals surface area contributed by atoms with E-state index in [-0.39, 0.29) is 18.5 Å². The Morgan fingerprint density at radius 2 is 1.58 bits per heavy atom. The second-order valence-electron chi connectivity index (χ2n) is 7.58. The van der Waals surface area contributed by atoms with Crippen LogP contribution in [0.5, 0.6) is 11.5 Å². The van der Waals surface area contributed by atoms with E-state index in [4.69, 9.17) is 24.0 Å². The Kier molecular flexibility index (Phi) is 12.1. The molecule has 0 fully saturated rings. The molecule has 1 atom stereocenters. The third-order valence-electron chi connectivity index (χ3n) is 4.89. The van der Waals surface area contributed by atoms with Gasteiger partial charge in [0.2, 0.25) is 0 Å². The van der Waals surface area contributed by atoms with Gasteiger partial charge in [0.15, 0.2) is 0 Å². The van der Waals surface area contributed by atoms with Crippen molar-refractivity contribution in [1.29, 1.82) is 0 Å². The maximum Gasteiger partial charge on any atom is 0.343 e. The van der Waals surface area contributed by atoms with E-state index in [1.165, 1.54) is 0 Å². The molecule has 2 aromatic carbocycles. The van der Waals surface area contributed by atoms with E-state index in [1.807, 2.05) is 13.8 Å². The summed E-state index contributed by atoms with van der Waals surface area (Å²) in [6, 6.07) is 13.7. The molecule has 33 heavy (non-hydrogen) atoms. The van der Waals surface area contributed by atoms with Crippen molar-refractivity contribution in [2.24, 2.45) is 5.92 Å². The standard InChI is InChI=1S/C25H32BO7/c1-3-19(2)24(28)31-17-5-4-16-30-22-11-7-20(8-12-22)25(29)33-23-13-9-21(10-14-23)26-32-18-6-15-27/h7-14,19,27H,3-6,15-18H2,1-2H3. The molecular formula is C25H32BO7. The SMILES string of the molecule is CCC(C)C(=O)OCCCCOc1ccc(C(=O)Oc2ccc([B]OCCCO)cc2)cc1. The second kappa shape index (κ2) is 15.1. The number of hydrogen-bond donors (Lipinski definition) is 1. The lowest BCUT2D eigenvalue weighted by Crippen LogP contribution is -2.18. The number of unbranched alkanes of at least 4 members (excludes halogenated alkanes) is 1.